The number of likely N-dealkylation sites (tertiary alicyclic amines) is 1. The van der Waals surface area contributed by atoms with Crippen molar-refractivity contribution in [2.75, 3.05) is 27.2 Å². The van der Waals surface area contributed by atoms with Crippen LogP contribution in [-0.4, -0.2) is 65.9 Å². The van der Waals surface area contributed by atoms with Gasteiger partial charge in [0.1, 0.15) is 6.04 Å². The molecular weight excluding hydrogens is 322 g/mol. The molecule has 1 aliphatic heterocycles. The van der Waals surface area contributed by atoms with Gasteiger partial charge in [0.05, 0.1) is 6.42 Å². The minimum atomic E-state index is -0.974. The van der Waals surface area contributed by atoms with Gasteiger partial charge in [0.2, 0.25) is 11.8 Å². The van der Waals surface area contributed by atoms with Crippen LogP contribution in [-0.2, 0) is 14.4 Å². The molecule has 2 amide bonds. The van der Waals surface area contributed by atoms with Crippen LogP contribution in [0.2, 0.25) is 0 Å². The van der Waals surface area contributed by atoms with E-state index in [1.165, 1.54) is 0 Å². The van der Waals surface area contributed by atoms with Gasteiger partial charge in [0.25, 0.3) is 0 Å². The highest BCUT2D eigenvalue weighted by Gasteiger charge is 2.36. The second-order valence-corrected chi connectivity index (χ2v) is 6.45. The molecule has 136 valence electrons. The van der Waals surface area contributed by atoms with Crippen molar-refractivity contribution in [3.8, 4) is 0 Å². The second kappa shape index (κ2) is 8.62. The fourth-order valence-corrected chi connectivity index (χ4v) is 3.02. The number of nitrogens with zero attached hydrogens (tertiary/aromatic N) is 2. The van der Waals surface area contributed by atoms with Gasteiger partial charge in [0, 0.05) is 25.6 Å². The molecule has 1 saturated heterocycles. The molecule has 2 rings (SSSR count). The minimum Gasteiger partial charge on any atom is -0.481 e. The average molecular weight is 347 g/mol. The van der Waals surface area contributed by atoms with Crippen molar-refractivity contribution < 1.29 is 19.5 Å². The van der Waals surface area contributed by atoms with Crippen LogP contribution in [0.3, 0.4) is 0 Å². The van der Waals surface area contributed by atoms with E-state index in [1.54, 1.807) is 4.90 Å². The SMILES string of the molecule is CN(C)C1CCC(=O)N(C(C(=O)NCCC(=O)O)c2ccccc2)C1. The van der Waals surface area contributed by atoms with Crippen molar-refractivity contribution in [3.63, 3.8) is 0 Å². The van der Waals surface area contributed by atoms with Crippen LogP contribution in [0.4, 0.5) is 0 Å². The molecule has 0 aliphatic carbocycles. The molecule has 1 aromatic rings. The summed E-state index contributed by atoms with van der Waals surface area (Å²) in [6, 6.07) is 8.57. The highest BCUT2D eigenvalue weighted by molar-refractivity contribution is 5.89. The summed E-state index contributed by atoms with van der Waals surface area (Å²) >= 11 is 0. The van der Waals surface area contributed by atoms with Gasteiger partial charge in [-0.25, -0.2) is 0 Å². The molecule has 2 atom stereocenters. The average Bonchev–Trinajstić information content (AvgIpc) is 2.57. The minimum absolute atomic E-state index is 0.0383. The summed E-state index contributed by atoms with van der Waals surface area (Å²) in [6.45, 7) is 0.508. The zero-order chi connectivity index (χ0) is 18.4. The Kier molecular flexibility index (Phi) is 6.52. The third-order valence-corrected chi connectivity index (χ3v) is 4.46. The number of carboxylic acid groups (broad SMARTS) is 1. The van der Waals surface area contributed by atoms with Crippen LogP contribution in [0.15, 0.2) is 30.3 Å². The number of carboxylic acids is 1. The van der Waals surface area contributed by atoms with Gasteiger partial charge in [0.15, 0.2) is 0 Å². The molecule has 2 N–H and O–H groups in total. The van der Waals surface area contributed by atoms with E-state index in [0.717, 1.165) is 12.0 Å². The van der Waals surface area contributed by atoms with Gasteiger partial charge in [-0.3, -0.25) is 14.4 Å². The molecule has 0 saturated carbocycles. The zero-order valence-corrected chi connectivity index (χ0v) is 14.6. The number of hydrogen-bond donors (Lipinski definition) is 2. The number of rotatable bonds is 7. The summed E-state index contributed by atoms with van der Waals surface area (Å²) in [7, 11) is 3.92. The van der Waals surface area contributed by atoms with Crippen molar-refractivity contribution in [2.24, 2.45) is 0 Å². The lowest BCUT2D eigenvalue weighted by atomic mass is 9.97. The number of benzene rings is 1. The number of carbonyl (C=O) groups is 3. The Morgan fingerprint density at radius 3 is 2.60 bits per heavy atom. The predicted octanol–water partition coefficient (Wildman–Crippen LogP) is 0.871. The first-order chi connectivity index (χ1) is 11.9. The number of hydrogen-bond acceptors (Lipinski definition) is 4. The van der Waals surface area contributed by atoms with Crippen molar-refractivity contribution in [1.82, 2.24) is 15.1 Å². The van der Waals surface area contributed by atoms with Crippen LogP contribution >= 0.6 is 0 Å². The summed E-state index contributed by atoms with van der Waals surface area (Å²) < 4.78 is 0. The van der Waals surface area contributed by atoms with E-state index in [0.29, 0.717) is 13.0 Å². The molecule has 0 spiro atoms. The van der Waals surface area contributed by atoms with Crippen molar-refractivity contribution >= 4 is 17.8 Å². The fourth-order valence-electron chi connectivity index (χ4n) is 3.02. The second-order valence-electron chi connectivity index (χ2n) is 6.45. The van der Waals surface area contributed by atoms with E-state index in [9.17, 15) is 14.4 Å². The van der Waals surface area contributed by atoms with Gasteiger partial charge in [-0.1, -0.05) is 30.3 Å². The number of carbonyl (C=O) groups excluding carboxylic acids is 2. The monoisotopic (exact) mass is 347 g/mol. The van der Waals surface area contributed by atoms with Crippen molar-refractivity contribution in [3.05, 3.63) is 35.9 Å². The number of aliphatic carboxylic acids is 1. The largest absolute Gasteiger partial charge is 0.481 e. The van der Waals surface area contributed by atoms with Crippen LogP contribution in [0.5, 0.6) is 0 Å². The Morgan fingerprint density at radius 2 is 2.00 bits per heavy atom. The third kappa shape index (κ3) is 5.03. The van der Waals surface area contributed by atoms with Crippen molar-refractivity contribution in [2.45, 2.75) is 31.3 Å². The maximum atomic E-state index is 12.7. The molecule has 25 heavy (non-hydrogen) atoms. The Labute approximate surface area is 147 Å². The Bertz CT molecular complexity index is 618. The molecule has 1 aliphatic rings. The van der Waals surface area contributed by atoms with E-state index < -0.39 is 12.0 Å². The standard InChI is InChI=1S/C18H25N3O4/c1-20(2)14-8-9-15(22)21(12-14)17(13-6-4-3-5-7-13)18(25)19-11-10-16(23)24/h3-7,14,17H,8-12H2,1-2H3,(H,19,25)(H,23,24). The predicted molar refractivity (Wildman–Crippen MR) is 92.9 cm³/mol. The Hall–Kier alpha value is -2.41. The first-order valence-electron chi connectivity index (χ1n) is 8.40. The molecule has 7 heteroatoms. The van der Waals surface area contributed by atoms with Crippen LogP contribution in [0.1, 0.15) is 30.9 Å². The topological polar surface area (TPSA) is 90.0 Å². The van der Waals surface area contributed by atoms with Gasteiger partial charge < -0.3 is 20.2 Å². The van der Waals surface area contributed by atoms with Crippen LogP contribution in [0, 0.1) is 0 Å². The Morgan fingerprint density at radius 1 is 1.32 bits per heavy atom. The van der Waals surface area contributed by atoms with Gasteiger partial charge in [-0.05, 0) is 26.1 Å². The summed E-state index contributed by atoms with van der Waals surface area (Å²) in [5, 5.41) is 11.4. The first-order valence-corrected chi connectivity index (χ1v) is 8.40. The molecular formula is C18H25N3O4. The zero-order valence-electron chi connectivity index (χ0n) is 14.6. The summed E-state index contributed by atoms with van der Waals surface area (Å²) in [5.41, 5.74) is 0.725. The molecule has 0 aromatic heterocycles. The Balaban J connectivity index is 2.23. The van der Waals surface area contributed by atoms with Crippen molar-refractivity contribution in [1.29, 1.82) is 0 Å². The molecule has 7 nitrogen and oxygen atoms in total. The number of nitrogens with one attached hydrogen (secondary N) is 1. The molecule has 2 unspecified atom stereocenters. The number of likely N-dealkylation sites (N-methyl/N-ethyl adjacent to an activating group) is 1. The number of piperidine rings is 1. The maximum absolute atomic E-state index is 12.7. The molecule has 1 fully saturated rings. The first kappa shape index (κ1) is 18.9. The fraction of sp³-hybridized carbons (Fsp3) is 0.500. The van der Waals surface area contributed by atoms with E-state index in [-0.39, 0.29) is 30.8 Å². The lowest BCUT2D eigenvalue weighted by molar-refractivity contribution is -0.144. The molecule has 1 aromatic carbocycles. The quantitative estimate of drug-likeness (QED) is 0.764. The van der Waals surface area contributed by atoms with Crippen LogP contribution < -0.4 is 5.32 Å². The maximum Gasteiger partial charge on any atom is 0.305 e. The normalized spacial score (nSPS) is 18.9. The lowest BCUT2D eigenvalue weighted by Gasteiger charge is -2.40. The molecule has 0 bridgehead atoms. The van der Waals surface area contributed by atoms with Gasteiger partial charge in [-0.2, -0.15) is 0 Å². The van der Waals surface area contributed by atoms with Gasteiger partial charge >= 0.3 is 5.97 Å². The smallest absolute Gasteiger partial charge is 0.305 e. The van der Waals surface area contributed by atoms with Crippen LogP contribution in [0.25, 0.3) is 0 Å². The highest BCUT2D eigenvalue weighted by Crippen LogP contribution is 2.27. The molecule has 1 heterocycles. The summed E-state index contributed by atoms with van der Waals surface area (Å²) in [6.07, 6.45) is 1.01. The lowest BCUT2D eigenvalue weighted by Crippen LogP contribution is -2.52. The van der Waals surface area contributed by atoms with E-state index in [2.05, 4.69) is 10.2 Å². The highest BCUT2D eigenvalue weighted by atomic mass is 16.4. The number of amides is 2. The summed E-state index contributed by atoms with van der Waals surface area (Å²) in [5.74, 6) is -1.38. The van der Waals surface area contributed by atoms with Gasteiger partial charge in [-0.15, -0.1) is 0 Å². The molecule has 0 radical (unpaired) electrons. The van der Waals surface area contributed by atoms with E-state index in [4.69, 9.17) is 5.11 Å². The van der Waals surface area contributed by atoms with E-state index in [1.807, 2.05) is 44.4 Å². The van der Waals surface area contributed by atoms with E-state index >= 15 is 0 Å². The third-order valence-electron chi connectivity index (χ3n) is 4.46. The summed E-state index contributed by atoms with van der Waals surface area (Å²) in [4.78, 5) is 39.6.